The molecular formula is C22H21ClN4O3S. The summed E-state index contributed by atoms with van der Waals surface area (Å²) >= 11 is 8.15. The Morgan fingerprint density at radius 1 is 1.23 bits per heavy atom. The van der Waals surface area contributed by atoms with Crippen molar-refractivity contribution in [3.63, 3.8) is 0 Å². The molecule has 3 aliphatic heterocycles. The maximum Gasteiger partial charge on any atom is 0.276 e. The van der Waals surface area contributed by atoms with Crippen LogP contribution in [0, 0.1) is 0 Å². The molecule has 2 aromatic carbocycles. The van der Waals surface area contributed by atoms with Crippen LogP contribution in [0.5, 0.6) is 11.5 Å². The van der Waals surface area contributed by atoms with Crippen LogP contribution in [0.3, 0.4) is 0 Å². The molecule has 0 bridgehead atoms. The Hall–Kier alpha value is -2.71. The molecule has 5 rings (SSSR count). The maximum absolute atomic E-state index is 13.1. The lowest BCUT2D eigenvalue weighted by molar-refractivity contribution is -0.116. The summed E-state index contributed by atoms with van der Waals surface area (Å²) in [5, 5.41) is 11.9. The number of amides is 1. The van der Waals surface area contributed by atoms with Crippen molar-refractivity contribution in [3.8, 4) is 11.5 Å². The van der Waals surface area contributed by atoms with E-state index in [-0.39, 0.29) is 12.7 Å². The van der Waals surface area contributed by atoms with Crippen molar-refractivity contribution in [2.45, 2.75) is 32.4 Å². The molecule has 1 atom stereocenters. The normalized spacial score (nSPS) is 18.7. The van der Waals surface area contributed by atoms with Crippen LogP contribution in [0.4, 0.5) is 0 Å². The zero-order valence-corrected chi connectivity index (χ0v) is 18.5. The van der Waals surface area contributed by atoms with Gasteiger partial charge in [0.15, 0.2) is 22.8 Å². The molecule has 0 radical (unpaired) electrons. The standard InChI is InChI=1S/C22H21ClN4O3S/c1-2-3-6-9-31-22-25-21(28)19-13-7-4-5-8-16(13)24-20(27(19)26-22)14-10-17-18(11-15(14)23)30-12-29-17/h4-5,7-8,10-11,20H,2-3,6,9,12H2,1H3,(H,25,26,28)/t20-/m1/s1. The van der Waals surface area contributed by atoms with Crippen molar-refractivity contribution in [3.05, 3.63) is 57.6 Å². The topological polar surface area (TPSA) is 75.5 Å². The molecule has 0 aromatic heterocycles. The smallest absolute Gasteiger partial charge is 0.276 e. The van der Waals surface area contributed by atoms with E-state index in [4.69, 9.17) is 31.2 Å². The number of amidine groups is 1. The Bertz CT molecular complexity index is 1200. The molecule has 1 N–H and O–H groups in total. The molecule has 9 heteroatoms. The number of para-hydroxylation sites is 1. The molecule has 0 unspecified atom stereocenters. The number of hydrazone groups is 1. The number of carbonyl (C=O) groups excluding carboxylic acids is 1. The van der Waals surface area contributed by atoms with Crippen LogP contribution in [0.1, 0.15) is 37.9 Å². The van der Waals surface area contributed by atoms with E-state index in [0.29, 0.717) is 32.9 Å². The number of nitrogens with zero attached hydrogens (tertiary/aromatic N) is 3. The minimum absolute atomic E-state index is 0.153. The van der Waals surface area contributed by atoms with Gasteiger partial charge in [-0.25, -0.2) is 5.01 Å². The molecule has 1 amide bonds. The molecular weight excluding hydrogens is 436 g/mol. The number of hydrogen-bond donors (Lipinski definition) is 1. The fraction of sp³-hybridized carbons (Fsp3) is 0.318. The maximum atomic E-state index is 13.1. The molecule has 7 nitrogen and oxygen atoms in total. The lowest BCUT2D eigenvalue weighted by Gasteiger charge is -2.34. The highest BCUT2D eigenvalue weighted by Crippen LogP contribution is 2.42. The monoisotopic (exact) mass is 456 g/mol. The summed E-state index contributed by atoms with van der Waals surface area (Å²) in [4.78, 5) is 18.0. The average molecular weight is 457 g/mol. The van der Waals surface area contributed by atoms with Crippen LogP contribution < -0.4 is 25.4 Å². The van der Waals surface area contributed by atoms with Gasteiger partial charge in [0, 0.05) is 22.6 Å². The van der Waals surface area contributed by atoms with Gasteiger partial charge < -0.3 is 9.47 Å². The van der Waals surface area contributed by atoms with Gasteiger partial charge in [0.1, 0.15) is 5.70 Å². The Morgan fingerprint density at radius 2 is 2.03 bits per heavy atom. The Kier molecular flexibility index (Phi) is 5.50. The molecule has 0 saturated carbocycles. The molecule has 0 spiro atoms. The van der Waals surface area contributed by atoms with Crippen molar-refractivity contribution >= 4 is 40.1 Å². The van der Waals surface area contributed by atoms with Crippen LogP contribution in [-0.4, -0.2) is 28.6 Å². The number of carbonyl (C=O) groups is 1. The quantitative estimate of drug-likeness (QED) is 0.699. The van der Waals surface area contributed by atoms with E-state index in [2.05, 4.69) is 12.2 Å². The van der Waals surface area contributed by atoms with E-state index in [1.165, 1.54) is 0 Å². The first kappa shape index (κ1) is 20.2. The lowest BCUT2D eigenvalue weighted by atomic mass is 10.1. The van der Waals surface area contributed by atoms with E-state index in [1.54, 1.807) is 22.8 Å². The molecule has 3 heterocycles. The van der Waals surface area contributed by atoms with Gasteiger partial charge in [-0.15, -0.1) is 5.10 Å². The fourth-order valence-corrected chi connectivity index (χ4v) is 4.85. The van der Waals surface area contributed by atoms with Crippen LogP contribution in [0.2, 0.25) is 5.02 Å². The van der Waals surface area contributed by atoms with Crippen LogP contribution in [0.15, 0.2) is 46.5 Å². The van der Waals surface area contributed by atoms with E-state index >= 15 is 0 Å². The third-order valence-corrected chi connectivity index (χ3v) is 6.55. The zero-order valence-electron chi connectivity index (χ0n) is 16.9. The molecule has 0 saturated heterocycles. The summed E-state index contributed by atoms with van der Waals surface area (Å²) in [6.07, 6.45) is 2.76. The fourth-order valence-electron chi connectivity index (χ4n) is 3.75. The van der Waals surface area contributed by atoms with Gasteiger partial charge in [-0.05, 0) is 18.6 Å². The summed E-state index contributed by atoms with van der Waals surface area (Å²) in [6, 6.07) is 11.1. The van der Waals surface area contributed by atoms with Crippen molar-refractivity contribution in [1.29, 1.82) is 0 Å². The second kappa shape index (κ2) is 8.43. The van der Waals surface area contributed by atoms with Crippen LogP contribution in [0.25, 0.3) is 5.70 Å². The number of rotatable bonds is 5. The third kappa shape index (κ3) is 3.74. The van der Waals surface area contributed by atoms with Crippen molar-refractivity contribution in [2.75, 3.05) is 12.5 Å². The molecule has 2 aromatic rings. The van der Waals surface area contributed by atoms with E-state index in [0.717, 1.165) is 35.6 Å². The first-order chi connectivity index (χ1) is 15.2. The Morgan fingerprint density at radius 3 is 2.87 bits per heavy atom. The molecule has 31 heavy (non-hydrogen) atoms. The van der Waals surface area contributed by atoms with Gasteiger partial charge in [0.2, 0.25) is 6.79 Å². The van der Waals surface area contributed by atoms with Crippen LogP contribution in [-0.2, 0) is 4.79 Å². The molecule has 0 aliphatic carbocycles. The predicted molar refractivity (Wildman–Crippen MR) is 120 cm³/mol. The van der Waals surface area contributed by atoms with Crippen molar-refractivity contribution in [2.24, 2.45) is 10.1 Å². The third-order valence-electron chi connectivity index (χ3n) is 5.27. The lowest BCUT2D eigenvalue weighted by Crippen LogP contribution is -2.50. The summed E-state index contributed by atoms with van der Waals surface area (Å²) in [5.41, 5.74) is 1.16. The highest BCUT2D eigenvalue weighted by atomic mass is 35.5. The number of benzene rings is 2. The Balaban J connectivity index is 1.60. The van der Waals surface area contributed by atoms with Crippen LogP contribution >= 0.6 is 23.4 Å². The number of ether oxygens (including phenoxy) is 2. The van der Waals surface area contributed by atoms with Gasteiger partial charge in [-0.2, -0.15) is 0 Å². The van der Waals surface area contributed by atoms with Gasteiger partial charge >= 0.3 is 0 Å². The summed E-state index contributed by atoms with van der Waals surface area (Å²) in [5.74, 6) is 1.90. The minimum Gasteiger partial charge on any atom is -0.454 e. The molecule has 3 aliphatic rings. The molecule has 0 fully saturated rings. The van der Waals surface area contributed by atoms with E-state index < -0.39 is 6.17 Å². The number of thioether (sulfide) groups is 1. The van der Waals surface area contributed by atoms with E-state index in [1.807, 2.05) is 30.3 Å². The van der Waals surface area contributed by atoms with Gasteiger partial charge in [0.25, 0.3) is 5.91 Å². The largest absolute Gasteiger partial charge is 0.454 e. The SMILES string of the molecule is CCCCCSC1=NN2C(=c3ccccc3=N[C@H]2c2cc3c(cc2Cl)OCO3)C(=O)N1. The summed E-state index contributed by atoms with van der Waals surface area (Å²) < 4.78 is 11.0. The second-order valence-corrected chi connectivity index (χ2v) is 8.85. The predicted octanol–water partition coefficient (Wildman–Crippen LogP) is 3.14. The highest BCUT2D eigenvalue weighted by molar-refractivity contribution is 8.13. The second-order valence-electron chi connectivity index (χ2n) is 7.35. The van der Waals surface area contributed by atoms with Gasteiger partial charge in [-0.3, -0.25) is 15.1 Å². The van der Waals surface area contributed by atoms with Crippen molar-refractivity contribution in [1.82, 2.24) is 10.3 Å². The first-order valence-corrected chi connectivity index (χ1v) is 11.6. The van der Waals surface area contributed by atoms with Crippen molar-refractivity contribution < 1.29 is 14.3 Å². The summed E-state index contributed by atoms with van der Waals surface area (Å²) in [7, 11) is 0. The number of unbranched alkanes of at least 4 members (excludes halogenated alkanes) is 2. The minimum atomic E-state index is -0.593. The number of hydrogen-bond acceptors (Lipinski definition) is 7. The first-order valence-electron chi connectivity index (χ1n) is 10.2. The van der Waals surface area contributed by atoms with Gasteiger partial charge in [0.05, 0.1) is 10.4 Å². The Labute approximate surface area is 188 Å². The van der Waals surface area contributed by atoms with E-state index in [9.17, 15) is 4.79 Å². The number of halogens is 1. The van der Waals surface area contributed by atoms with Gasteiger partial charge in [-0.1, -0.05) is 61.3 Å². The summed E-state index contributed by atoms with van der Waals surface area (Å²) in [6.45, 7) is 2.32. The zero-order chi connectivity index (χ0) is 21.4. The molecule has 160 valence electrons. The highest BCUT2D eigenvalue weighted by Gasteiger charge is 2.36. The number of nitrogens with one attached hydrogen (secondary N) is 1. The average Bonchev–Trinajstić information content (AvgIpc) is 3.22. The number of fused-ring (bicyclic) bond motifs is 3.